The number of fused-ring (bicyclic) bond motifs is 1. The highest BCUT2D eigenvalue weighted by Gasteiger charge is 2.27. The van der Waals surface area contributed by atoms with Crippen LogP contribution in [-0.4, -0.2) is 20.0 Å². The van der Waals surface area contributed by atoms with Crippen molar-refractivity contribution >= 4 is 11.9 Å². The molecule has 5 heteroatoms. The van der Waals surface area contributed by atoms with Gasteiger partial charge in [-0.15, -0.1) is 0 Å². The number of ether oxygens (including phenoxy) is 4. The first-order valence-electron chi connectivity index (χ1n) is 9.14. The van der Waals surface area contributed by atoms with Crippen LogP contribution in [0.5, 0.6) is 23.0 Å². The van der Waals surface area contributed by atoms with E-state index in [0.717, 1.165) is 22.6 Å². The van der Waals surface area contributed by atoms with Crippen LogP contribution in [-0.2, 0) is 6.61 Å². The standard InChI is InChI=1S/C24H20O5/c1-26-18-8-6-16(7-9-18)15-28-20-10-11-21-22(14-20)29-23(24(21)25)13-17-4-3-5-19(12-17)27-2/h3-14H,15H2,1-2H3. The smallest absolute Gasteiger partial charge is 0.231 e. The fourth-order valence-electron chi connectivity index (χ4n) is 3.03. The zero-order chi connectivity index (χ0) is 20.2. The number of hydrogen-bond donors (Lipinski definition) is 0. The van der Waals surface area contributed by atoms with Crippen LogP contribution in [0.2, 0.25) is 0 Å². The summed E-state index contributed by atoms with van der Waals surface area (Å²) in [7, 11) is 3.24. The molecular formula is C24H20O5. The Bertz CT molecular complexity index is 1070. The summed E-state index contributed by atoms with van der Waals surface area (Å²) in [6, 6.07) is 20.4. The molecule has 0 N–H and O–H groups in total. The van der Waals surface area contributed by atoms with Gasteiger partial charge >= 0.3 is 0 Å². The van der Waals surface area contributed by atoms with Gasteiger partial charge in [-0.25, -0.2) is 0 Å². The van der Waals surface area contributed by atoms with Crippen LogP contribution in [0, 0.1) is 0 Å². The summed E-state index contributed by atoms with van der Waals surface area (Å²) < 4.78 is 22.0. The van der Waals surface area contributed by atoms with Gasteiger partial charge in [-0.05, 0) is 53.6 Å². The lowest BCUT2D eigenvalue weighted by atomic mass is 10.1. The van der Waals surface area contributed by atoms with Gasteiger partial charge in [0, 0.05) is 6.07 Å². The van der Waals surface area contributed by atoms with Gasteiger partial charge in [0.05, 0.1) is 19.8 Å². The van der Waals surface area contributed by atoms with Gasteiger partial charge in [0.2, 0.25) is 5.78 Å². The zero-order valence-electron chi connectivity index (χ0n) is 16.2. The van der Waals surface area contributed by atoms with Crippen LogP contribution in [0.15, 0.2) is 72.5 Å². The molecule has 0 saturated heterocycles. The van der Waals surface area contributed by atoms with Crippen molar-refractivity contribution in [1.29, 1.82) is 0 Å². The number of ketones is 1. The highest BCUT2D eigenvalue weighted by Crippen LogP contribution is 2.35. The summed E-state index contributed by atoms with van der Waals surface area (Å²) in [5.41, 5.74) is 2.37. The van der Waals surface area contributed by atoms with E-state index in [1.54, 1.807) is 38.5 Å². The number of benzene rings is 3. The second kappa shape index (κ2) is 8.10. The first-order valence-corrected chi connectivity index (χ1v) is 9.14. The van der Waals surface area contributed by atoms with Gasteiger partial charge in [0.25, 0.3) is 0 Å². The van der Waals surface area contributed by atoms with Crippen LogP contribution >= 0.6 is 0 Å². The van der Waals surface area contributed by atoms with E-state index in [1.165, 1.54) is 0 Å². The molecule has 4 rings (SSSR count). The minimum Gasteiger partial charge on any atom is -0.497 e. The Morgan fingerprint density at radius 3 is 2.38 bits per heavy atom. The van der Waals surface area contributed by atoms with Crippen molar-refractivity contribution in [3.63, 3.8) is 0 Å². The topological polar surface area (TPSA) is 54.0 Å². The Labute approximate surface area is 169 Å². The molecule has 0 atom stereocenters. The molecule has 1 aliphatic heterocycles. The van der Waals surface area contributed by atoms with Gasteiger partial charge in [-0.3, -0.25) is 4.79 Å². The molecule has 5 nitrogen and oxygen atoms in total. The summed E-state index contributed by atoms with van der Waals surface area (Å²) in [4.78, 5) is 12.6. The Morgan fingerprint density at radius 1 is 0.862 bits per heavy atom. The molecule has 1 heterocycles. The SMILES string of the molecule is COc1ccc(COc2ccc3c(c2)OC(=Cc2cccc(OC)c2)C3=O)cc1. The molecule has 0 aliphatic carbocycles. The maximum absolute atomic E-state index is 12.6. The van der Waals surface area contributed by atoms with Gasteiger partial charge in [-0.1, -0.05) is 24.3 Å². The van der Waals surface area contributed by atoms with Crippen molar-refractivity contribution < 1.29 is 23.7 Å². The third-order valence-electron chi connectivity index (χ3n) is 4.60. The highest BCUT2D eigenvalue weighted by molar-refractivity contribution is 6.14. The number of Topliss-reactive ketones (excluding diaryl/α,β-unsaturated/α-hetero) is 1. The molecule has 3 aromatic carbocycles. The van der Waals surface area contributed by atoms with Crippen molar-refractivity contribution in [2.45, 2.75) is 6.61 Å². The molecule has 3 aromatic rings. The van der Waals surface area contributed by atoms with Crippen LogP contribution in [0.25, 0.3) is 6.08 Å². The third kappa shape index (κ3) is 4.09. The molecule has 0 fully saturated rings. The van der Waals surface area contributed by atoms with E-state index in [0.29, 0.717) is 23.7 Å². The normalized spacial score (nSPS) is 13.7. The second-order valence-electron chi connectivity index (χ2n) is 6.51. The second-order valence-corrected chi connectivity index (χ2v) is 6.51. The number of rotatable bonds is 6. The van der Waals surface area contributed by atoms with Crippen LogP contribution < -0.4 is 18.9 Å². The predicted octanol–water partition coefficient (Wildman–Crippen LogP) is 4.90. The third-order valence-corrected chi connectivity index (χ3v) is 4.60. The quantitative estimate of drug-likeness (QED) is 0.562. The maximum atomic E-state index is 12.6. The van der Waals surface area contributed by atoms with Crippen molar-refractivity contribution in [1.82, 2.24) is 0 Å². The predicted molar refractivity (Wildman–Crippen MR) is 110 cm³/mol. The molecule has 29 heavy (non-hydrogen) atoms. The van der Waals surface area contributed by atoms with E-state index in [9.17, 15) is 4.79 Å². The summed E-state index contributed by atoms with van der Waals surface area (Å²) in [6.45, 7) is 0.406. The lowest BCUT2D eigenvalue weighted by Crippen LogP contribution is -1.98. The molecule has 0 bridgehead atoms. The van der Waals surface area contributed by atoms with Gasteiger partial charge in [-0.2, -0.15) is 0 Å². The highest BCUT2D eigenvalue weighted by atomic mass is 16.5. The van der Waals surface area contributed by atoms with E-state index < -0.39 is 0 Å². The lowest BCUT2D eigenvalue weighted by molar-refractivity contribution is 0.101. The van der Waals surface area contributed by atoms with Crippen LogP contribution in [0.4, 0.5) is 0 Å². The molecule has 0 amide bonds. The molecular weight excluding hydrogens is 368 g/mol. The van der Waals surface area contributed by atoms with Crippen LogP contribution in [0.3, 0.4) is 0 Å². The summed E-state index contributed by atoms with van der Waals surface area (Å²) in [6.07, 6.45) is 1.71. The van der Waals surface area contributed by atoms with Crippen molar-refractivity contribution in [3.05, 3.63) is 89.2 Å². The fraction of sp³-hybridized carbons (Fsp3) is 0.125. The molecule has 0 aromatic heterocycles. The maximum Gasteiger partial charge on any atom is 0.231 e. The first kappa shape index (κ1) is 18.6. The van der Waals surface area contributed by atoms with E-state index in [2.05, 4.69) is 0 Å². The van der Waals surface area contributed by atoms with Crippen molar-refractivity contribution in [3.8, 4) is 23.0 Å². The fourth-order valence-corrected chi connectivity index (χ4v) is 3.03. The Hall–Kier alpha value is -3.73. The zero-order valence-corrected chi connectivity index (χ0v) is 16.2. The summed E-state index contributed by atoms with van der Waals surface area (Å²) >= 11 is 0. The van der Waals surface area contributed by atoms with Gasteiger partial charge in [0.15, 0.2) is 5.76 Å². The number of carbonyl (C=O) groups is 1. The van der Waals surface area contributed by atoms with Crippen LogP contribution in [0.1, 0.15) is 21.5 Å². The molecule has 0 saturated carbocycles. The minimum atomic E-state index is -0.149. The number of allylic oxidation sites excluding steroid dienone is 1. The Kier molecular flexibility index (Phi) is 5.20. The van der Waals surface area contributed by atoms with E-state index in [4.69, 9.17) is 18.9 Å². The monoisotopic (exact) mass is 388 g/mol. The van der Waals surface area contributed by atoms with Crippen molar-refractivity contribution in [2.75, 3.05) is 14.2 Å². The van der Waals surface area contributed by atoms with E-state index in [1.807, 2.05) is 48.5 Å². The van der Waals surface area contributed by atoms with Gasteiger partial charge < -0.3 is 18.9 Å². The van der Waals surface area contributed by atoms with Gasteiger partial charge in [0.1, 0.15) is 29.6 Å². The Balaban J connectivity index is 1.48. The first-order chi connectivity index (χ1) is 14.2. The largest absolute Gasteiger partial charge is 0.497 e. The molecule has 146 valence electrons. The molecule has 1 aliphatic rings. The minimum absolute atomic E-state index is 0.149. The van der Waals surface area contributed by atoms with Crippen molar-refractivity contribution in [2.24, 2.45) is 0 Å². The van der Waals surface area contributed by atoms with E-state index >= 15 is 0 Å². The van der Waals surface area contributed by atoms with E-state index in [-0.39, 0.29) is 11.5 Å². The molecule has 0 radical (unpaired) electrons. The summed E-state index contributed by atoms with van der Waals surface area (Å²) in [5, 5.41) is 0. The average Bonchev–Trinajstić information content (AvgIpc) is 3.07. The lowest BCUT2D eigenvalue weighted by Gasteiger charge is -2.08. The summed E-state index contributed by atoms with van der Waals surface area (Å²) in [5.74, 6) is 2.78. The number of methoxy groups -OCH3 is 2. The molecule has 0 spiro atoms. The molecule has 0 unspecified atom stereocenters. The number of carbonyl (C=O) groups excluding carboxylic acids is 1. The Morgan fingerprint density at radius 2 is 1.62 bits per heavy atom. The average molecular weight is 388 g/mol. The number of hydrogen-bond acceptors (Lipinski definition) is 5.